The second-order valence-electron chi connectivity index (χ2n) is 3.07. The number of hydrogen-bond donors (Lipinski definition) is 0. The van der Waals surface area contributed by atoms with E-state index in [-0.39, 0.29) is 6.10 Å². The fourth-order valence-corrected chi connectivity index (χ4v) is 1.06. The van der Waals surface area contributed by atoms with Crippen molar-refractivity contribution in [2.24, 2.45) is 0 Å². The monoisotopic (exact) mass is 190 g/mol. The molecule has 0 aromatic carbocycles. The number of rotatable bonds is 9. The van der Waals surface area contributed by atoms with E-state index in [1.807, 2.05) is 0 Å². The van der Waals surface area contributed by atoms with Gasteiger partial charge < -0.3 is 14.2 Å². The van der Waals surface area contributed by atoms with Gasteiger partial charge in [-0.2, -0.15) is 0 Å². The summed E-state index contributed by atoms with van der Waals surface area (Å²) in [4.78, 5) is 0. The third-order valence-electron chi connectivity index (χ3n) is 1.95. The third-order valence-corrected chi connectivity index (χ3v) is 1.95. The highest BCUT2D eigenvalue weighted by Gasteiger charge is 2.05. The minimum Gasteiger partial charge on any atom is -0.382 e. The van der Waals surface area contributed by atoms with Crippen LogP contribution in [0.25, 0.3) is 0 Å². The quantitative estimate of drug-likeness (QED) is 0.519. The van der Waals surface area contributed by atoms with Gasteiger partial charge in [-0.05, 0) is 6.42 Å². The maximum atomic E-state index is 5.37. The number of unbranched alkanes of at least 4 members (excludes halogenated alkanes) is 1. The molecule has 0 fully saturated rings. The van der Waals surface area contributed by atoms with E-state index in [0.717, 1.165) is 6.42 Å². The first kappa shape index (κ1) is 12.9. The van der Waals surface area contributed by atoms with Gasteiger partial charge >= 0.3 is 0 Å². The summed E-state index contributed by atoms with van der Waals surface area (Å²) in [5, 5.41) is 0. The van der Waals surface area contributed by atoms with Gasteiger partial charge in [-0.1, -0.05) is 19.8 Å². The molecule has 0 saturated carbocycles. The molecule has 80 valence electrons. The molecule has 0 N–H and O–H groups in total. The Balaban J connectivity index is 3.25. The van der Waals surface area contributed by atoms with Gasteiger partial charge in [0, 0.05) is 14.2 Å². The molecule has 0 aromatic rings. The van der Waals surface area contributed by atoms with Crippen LogP contribution < -0.4 is 0 Å². The molecule has 1 atom stereocenters. The molecule has 0 rings (SSSR count). The summed E-state index contributed by atoms with van der Waals surface area (Å²) in [6, 6.07) is 0. The van der Waals surface area contributed by atoms with Gasteiger partial charge in [0.05, 0.1) is 25.9 Å². The van der Waals surface area contributed by atoms with E-state index in [0.29, 0.717) is 19.8 Å². The molecule has 3 heteroatoms. The normalized spacial score (nSPS) is 13.2. The Kier molecular flexibility index (Phi) is 9.87. The molecule has 0 saturated heterocycles. The van der Waals surface area contributed by atoms with Crippen LogP contribution in [-0.4, -0.2) is 40.1 Å². The van der Waals surface area contributed by atoms with Crippen molar-refractivity contribution in [1.29, 1.82) is 0 Å². The molecule has 0 bridgehead atoms. The average Bonchev–Trinajstić information content (AvgIpc) is 2.17. The summed E-state index contributed by atoms with van der Waals surface area (Å²) in [5.74, 6) is 0. The van der Waals surface area contributed by atoms with Crippen molar-refractivity contribution < 1.29 is 14.2 Å². The molecule has 0 amide bonds. The van der Waals surface area contributed by atoms with E-state index in [1.54, 1.807) is 14.2 Å². The Morgan fingerprint density at radius 2 is 1.92 bits per heavy atom. The predicted octanol–water partition coefficient (Wildman–Crippen LogP) is 1.85. The van der Waals surface area contributed by atoms with Crippen LogP contribution in [0.3, 0.4) is 0 Å². The maximum Gasteiger partial charge on any atom is 0.0804 e. The van der Waals surface area contributed by atoms with E-state index in [4.69, 9.17) is 14.2 Å². The van der Waals surface area contributed by atoms with Crippen LogP contribution in [0.1, 0.15) is 26.2 Å². The van der Waals surface area contributed by atoms with Crippen LogP contribution in [0.4, 0.5) is 0 Å². The lowest BCUT2D eigenvalue weighted by molar-refractivity contribution is -0.0111. The van der Waals surface area contributed by atoms with Crippen LogP contribution in [0.15, 0.2) is 0 Å². The predicted molar refractivity (Wildman–Crippen MR) is 53.0 cm³/mol. The largest absolute Gasteiger partial charge is 0.382 e. The summed E-state index contributed by atoms with van der Waals surface area (Å²) in [5.41, 5.74) is 0. The summed E-state index contributed by atoms with van der Waals surface area (Å²) >= 11 is 0. The van der Waals surface area contributed by atoms with Crippen molar-refractivity contribution in [2.75, 3.05) is 34.0 Å². The van der Waals surface area contributed by atoms with Crippen molar-refractivity contribution in [3.8, 4) is 0 Å². The van der Waals surface area contributed by atoms with E-state index in [9.17, 15) is 0 Å². The third kappa shape index (κ3) is 8.22. The van der Waals surface area contributed by atoms with Crippen molar-refractivity contribution in [3.05, 3.63) is 0 Å². The van der Waals surface area contributed by atoms with Gasteiger partial charge in [0.2, 0.25) is 0 Å². The Bertz CT molecular complexity index is 96.2. The SMILES string of the molecule is CCCCC(COCCOC)OC. The van der Waals surface area contributed by atoms with Gasteiger partial charge in [-0.3, -0.25) is 0 Å². The van der Waals surface area contributed by atoms with Gasteiger partial charge in [0.25, 0.3) is 0 Å². The average molecular weight is 190 g/mol. The van der Waals surface area contributed by atoms with Crippen LogP contribution in [-0.2, 0) is 14.2 Å². The van der Waals surface area contributed by atoms with Crippen molar-refractivity contribution >= 4 is 0 Å². The summed E-state index contributed by atoms with van der Waals surface area (Å²) in [7, 11) is 3.41. The zero-order chi connectivity index (χ0) is 9.94. The standard InChI is InChI=1S/C10H22O3/c1-4-5-6-10(12-3)9-13-8-7-11-2/h10H,4-9H2,1-3H3. The van der Waals surface area contributed by atoms with Gasteiger partial charge in [0.1, 0.15) is 0 Å². The zero-order valence-electron chi connectivity index (χ0n) is 9.04. The number of ether oxygens (including phenoxy) is 3. The fourth-order valence-electron chi connectivity index (χ4n) is 1.06. The van der Waals surface area contributed by atoms with Gasteiger partial charge in [-0.15, -0.1) is 0 Å². The lowest BCUT2D eigenvalue weighted by Gasteiger charge is -2.14. The second-order valence-corrected chi connectivity index (χ2v) is 3.07. The topological polar surface area (TPSA) is 27.7 Å². The van der Waals surface area contributed by atoms with Crippen LogP contribution in [0.5, 0.6) is 0 Å². The zero-order valence-corrected chi connectivity index (χ0v) is 9.04. The van der Waals surface area contributed by atoms with E-state index < -0.39 is 0 Å². The van der Waals surface area contributed by atoms with Crippen molar-refractivity contribution in [2.45, 2.75) is 32.3 Å². The molecule has 3 nitrogen and oxygen atoms in total. The van der Waals surface area contributed by atoms with E-state index in [2.05, 4.69) is 6.92 Å². The lowest BCUT2D eigenvalue weighted by Crippen LogP contribution is -2.19. The summed E-state index contributed by atoms with van der Waals surface area (Å²) in [6.07, 6.45) is 3.74. The Labute approximate surface area is 81.4 Å². The highest BCUT2D eigenvalue weighted by atomic mass is 16.5. The fraction of sp³-hybridized carbons (Fsp3) is 1.00. The van der Waals surface area contributed by atoms with Crippen LogP contribution in [0.2, 0.25) is 0 Å². The van der Waals surface area contributed by atoms with Crippen LogP contribution >= 0.6 is 0 Å². The van der Waals surface area contributed by atoms with Gasteiger partial charge in [-0.25, -0.2) is 0 Å². The molecule has 0 aromatic heterocycles. The lowest BCUT2D eigenvalue weighted by atomic mass is 10.2. The minimum absolute atomic E-state index is 0.247. The Hall–Kier alpha value is -0.120. The molecule has 1 unspecified atom stereocenters. The Morgan fingerprint density at radius 3 is 2.46 bits per heavy atom. The van der Waals surface area contributed by atoms with Gasteiger partial charge in [0.15, 0.2) is 0 Å². The molecule has 0 aliphatic carbocycles. The molecule has 0 aliphatic heterocycles. The first-order chi connectivity index (χ1) is 6.35. The molecular formula is C10H22O3. The molecular weight excluding hydrogens is 168 g/mol. The summed E-state index contributed by atoms with van der Waals surface area (Å²) < 4.78 is 15.5. The summed E-state index contributed by atoms with van der Waals surface area (Å²) in [6.45, 7) is 4.17. The van der Waals surface area contributed by atoms with Crippen molar-refractivity contribution in [1.82, 2.24) is 0 Å². The minimum atomic E-state index is 0.247. The highest BCUT2D eigenvalue weighted by Crippen LogP contribution is 2.04. The Morgan fingerprint density at radius 1 is 1.15 bits per heavy atom. The number of methoxy groups -OCH3 is 2. The molecule has 13 heavy (non-hydrogen) atoms. The van der Waals surface area contributed by atoms with E-state index >= 15 is 0 Å². The molecule has 0 spiro atoms. The maximum absolute atomic E-state index is 5.37. The second kappa shape index (κ2) is 9.96. The first-order valence-electron chi connectivity index (χ1n) is 4.94. The van der Waals surface area contributed by atoms with Crippen LogP contribution in [0, 0.1) is 0 Å². The number of hydrogen-bond acceptors (Lipinski definition) is 3. The molecule has 0 heterocycles. The highest BCUT2D eigenvalue weighted by molar-refractivity contribution is 4.55. The molecule has 0 aliphatic rings. The van der Waals surface area contributed by atoms with Crippen molar-refractivity contribution in [3.63, 3.8) is 0 Å². The smallest absolute Gasteiger partial charge is 0.0804 e. The first-order valence-corrected chi connectivity index (χ1v) is 4.94. The van der Waals surface area contributed by atoms with E-state index in [1.165, 1.54) is 12.8 Å². The molecule has 0 radical (unpaired) electrons.